The first kappa shape index (κ1) is 17.3. The van der Waals surface area contributed by atoms with Crippen LogP contribution in [0.15, 0.2) is 18.2 Å². The summed E-state index contributed by atoms with van der Waals surface area (Å²) in [5, 5.41) is 11.8. The van der Waals surface area contributed by atoms with Crippen molar-refractivity contribution in [3.8, 4) is 0 Å². The number of amides is 2. The number of nitrogens with zero attached hydrogens (tertiary/aromatic N) is 1. The third kappa shape index (κ3) is 4.04. The summed E-state index contributed by atoms with van der Waals surface area (Å²) < 4.78 is 0. The minimum Gasteiger partial charge on any atom is -0.478 e. The average Bonchev–Trinajstić information content (AvgIpc) is 2.96. The SMILES string of the molecule is CCCC(=O)N1CSCC1C(=O)Nc1ccc(C(=O)O)c(C)c1. The van der Waals surface area contributed by atoms with Gasteiger partial charge in [-0.25, -0.2) is 4.79 Å². The van der Waals surface area contributed by atoms with Gasteiger partial charge >= 0.3 is 5.97 Å². The van der Waals surface area contributed by atoms with Gasteiger partial charge in [-0.05, 0) is 37.1 Å². The number of carboxylic acids is 1. The van der Waals surface area contributed by atoms with E-state index in [1.807, 2.05) is 6.92 Å². The van der Waals surface area contributed by atoms with E-state index in [1.165, 1.54) is 6.07 Å². The van der Waals surface area contributed by atoms with Crippen LogP contribution < -0.4 is 5.32 Å². The van der Waals surface area contributed by atoms with Gasteiger partial charge in [0.05, 0.1) is 11.4 Å². The maximum absolute atomic E-state index is 12.4. The summed E-state index contributed by atoms with van der Waals surface area (Å²) >= 11 is 1.56. The molecule has 1 saturated heterocycles. The van der Waals surface area contributed by atoms with Gasteiger partial charge in [0.25, 0.3) is 0 Å². The van der Waals surface area contributed by atoms with E-state index in [2.05, 4.69) is 5.32 Å². The van der Waals surface area contributed by atoms with Crippen molar-refractivity contribution >= 4 is 35.2 Å². The highest BCUT2D eigenvalue weighted by atomic mass is 32.2. The number of hydrogen-bond donors (Lipinski definition) is 2. The number of nitrogens with one attached hydrogen (secondary N) is 1. The summed E-state index contributed by atoms with van der Waals surface area (Å²) in [6.45, 7) is 3.62. The van der Waals surface area contributed by atoms with Crippen LogP contribution >= 0.6 is 11.8 Å². The van der Waals surface area contributed by atoms with E-state index >= 15 is 0 Å². The quantitative estimate of drug-likeness (QED) is 0.862. The number of anilines is 1. The zero-order chi connectivity index (χ0) is 17.0. The summed E-state index contributed by atoms with van der Waals surface area (Å²) in [7, 11) is 0. The van der Waals surface area contributed by atoms with E-state index in [0.717, 1.165) is 6.42 Å². The van der Waals surface area contributed by atoms with Crippen LogP contribution in [0, 0.1) is 6.92 Å². The number of aryl methyl sites for hydroxylation is 1. The Bertz CT molecular complexity index is 633. The first-order valence-electron chi connectivity index (χ1n) is 7.46. The Hall–Kier alpha value is -2.02. The molecule has 1 atom stereocenters. The van der Waals surface area contributed by atoms with E-state index in [9.17, 15) is 14.4 Å². The van der Waals surface area contributed by atoms with Gasteiger partial charge in [-0.1, -0.05) is 6.92 Å². The Balaban J connectivity index is 2.08. The smallest absolute Gasteiger partial charge is 0.335 e. The molecule has 1 aliphatic heterocycles. The van der Waals surface area contributed by atoms with Crippen LogP contribution in [0.2, 0.25) is 0 Å². The number of carboxylic acid groups (broad SMARTS) is 1. The fraction of sp³-hybridized carbons (Fsp3) is 0.438. The molecule has 2 rings (SSSR count). The standard InChI is InChI=1S/C16H20N2O4S/c1-3-4-14(19)18-9-23-8-13(18)15(20)17-11-5-6-12(16(21)22)10(2)7-11/h5-7,13H,3-4,8-9H2,1-2H3,(H,17,20)(H,21,22). The lowest BCUT2D eigenvalue weighted by molar-refractivity contribution is -0.136. The summed E-state index contributed by atoms with van der Waals surface area (Å²) in [5.74, 6) is -0.123. The van der Waals surface area contributed by atoms with E-state index in [-0.39, 0.29) is 17.4 Å². The highest BCUT2D eigenvalue weighted by Gasteiger charge is 2.34. The van der Waals surface area contributed by atoms with Gasteiger partial charge in [-0.15, -0.1) is 11.8 Å². The van der Waals surface area contributed by atoms with Gasteiger partial charge in [0.1, 0.15) is 6.04 Å². The lowest BCUT2D eigenvalue weighted by atomic mass is 10.1. The fourth-order valence-electron chi connectivity index (χ4n) is 2.47. The molecule has 124 valence electrons. The maximum atomic E-state index is 12.4. The molecular formula is C16H20N2O4S. The van der Waals surface area contributed by atoms with Crippen molar-refractivity contribution < 1.29 is 19.5 Å². The number of rotatable bonds is 5. The van der Waals surface area contributed by atoms with E-state index in [0.29, 0.717) is 29.3 Å². The van der Waals surface area contributed by atoms with Crippen molar-refractivity contribution in [1.82, 2.24) is 4.90 Å². The summed E-state index contributed by atoms with van der Waals surface area (Å²) in [5.41, 5.74) is 1.33. The largest absolute Gasteiger partial charge is 0.478 e. The van der Waals surface area contributed by atoms with Gasteiger partial charge in [0.15, 0.2) is 0 Å². The zero-order valence-electron chi connectivity index (χ0n) is 13.2. The number of carbonyl (C=O) groups is 3. The number of hydrogen-bond acceptors (Lipinski definition) is 4. The Labute approximate surface area is 139 Å². The molecule has 0 radical (unpaired) electrons. The lowest BCUT2D eigenvalue weighted by Gasteiger charge is -2.23. The second kappa shape index (κ2) is 7.50. The van der Waals surface area contributed by atoms with Crippen LogP contribution in [0.1, 0.15) is 35.7 Å². The van der Waals surface area contributed by atoms with Gasteiger partial charge < -0.3 is 15.3 Å². The van der Waals surface area contributed by atoms with Crippen molar-refractivity contribution in [3.63, 3.8) is 0 Å². The Morgan fingerprint density at radius 2 is 2.13 bits per heavy atom. The minimum absolute atomic E-state index is 0.00458. The van der Waals surface area contributed by atoms with Crippen LogP contribution in [-0.2, 0) is 9.59 Å². The van der Waals surface area contributed by atoms with E-state index in [4.69, 9.17) is 5.11 Å². The minimum atomic E-state index is -0.996. The molecule has 7 heteroatoms. The zero-order valence-corrected chi connectivity index (χ0v) is 14.0. The van der Waals surface area contributed by atoms with E-state index < -0.39 is 12.0 Å². The molecule has 2 N–H and O–H groups in total. The van der Waals surface area contributed by atoms with Crippen LogP contribution in [0.4, 0.5) is 5.69 Å². The van der Waals surface area contributed by atoms with Gasteiger partial charge in [-0.3, -0.25) is 9.59 Å². The molecule has 0 bridgehead atoms. The molecule has 0 aromatic heterocycles. The second-order valence-corrected chi connectivity index (χ2v) is 6.45. The van der Waals surface area contributed by atoms with Crippen molar-refractivity contribution in [2.45, 2.75) is 32.7 Å². The molecule has 23 heavy (non-hydrogen) atoms. The molecule has 1 aliphatic rings. The number of carbonyl (C=O) groups excluding carboxylic acids is 2. The number of benzene rings is 1. The monoisotopic (exact) mass is 336 g/mol. The van der Waals surface area contributed by atoms with Crippen LogP contribution in [0.5, 0.6) is 0 Å². The average molecular weight is 336 g/mol. The summed E-state index contributed by atoms with van der Waals surface area (Å²) in [6.07, 6.45) is 1.20. The molecule has 0 saturated carbocycles. The molecule has 1 aromatic carbocycles. The van der Waals surface area contributed by atoms with Gasteiger partial charge in [0, 0.05) is 17.9 Å². The lowest BCUT2D eigenvalue weighted by Crippen LogP contribution is -2.44. The predicted octanol–water partition coefficient (Wildman–Crippen LogP) is 2.33. The number of aromatic carboxylic acids is 1. The predicted molar refractivity (Wildman–Crippen MR) is 89.6 cm³/mol. The maximum Gasteiger partial charge on any atom is 0.335 e. The van der Waals surface area contributed by atoms with E-state index in [1.54, 1.807) is 35.7 Å². The first-order chi connectivity index (χ1) is 10.9. The third-order valence-electron chi connectivity index (χ3n) is 3.69. The summed E-state index contributed by atoms with van der Waals surface area (Å²) in [4.78, 5) is 37.1. The molecule has 1 heterocycles. The Morgan fingerprint density at radius 1 is 1.39 bits per heavy atom. The topological polar surface area (TPSA) is 86.7 Å². The summed E-state index contributed by atoms with van der Waals surface area (Å²) in [6, 6.07) is 4.19. The van der Waals surface area contributed by atoms with Crippen molar-refractivity contribution in [2.24, 2.45) is 0 Å². The van der Waals surface area contributed by atoms with Crippen LogP contribution in [0.25, 0.3) is 0 Å². The van der Waals surface area contributed by atoms with Gasteiger partial charge in [0.2, 0.25) is 11.8 Å². The highest BCUT2D eigenvalue weighted by molar-refractivity contribution is 7.99. The molecular weight excluding hydrogens is 316 g/mol. The van der Waals surface area contributed by atoms with Crippen molar-refractivity contribution in [2.75, 3.05) is 16.9 Å². The van der Waals surface area contributed by atoms with Crippen LogP contribution in [0.3, 0.4) is 0 Å². The Morgan fingerprint density at radius 3 is 2.74 bits per heavy atom. The Kier molecular flexibility index (Phi) is 5.65. The fourth-order valence-corrected chi connectivity index (χ4v) is 3.65. The molecule has 0 spiro atoms. The molecule has 6 nitrogen and oxygen atoms in total. The normalized spacial score (nSPS) is 17.1. The van der Waals surface area contributed by atoms with Gasteiger partial charge in [-0.2, -0.15) is 0 Å². The second-order valence-electron chi connectivity index (χ2n) is 5.45. The third-order valence-corrected chi connectivity index (χ3v) is 4.71. The molecule has 1 unspecified atom stereocenters. The molecule has 2 amide bonds. The van der Waals surface area contributed by atoms with Crippen molar-refractivity contribution in [1.29, 1.82) is 0 Å². The highest BCUT2D eigenvalue weighted by Crippen LogP contribution is 2.24. The van der Waals surface area contributed by atoms with Crippen LogP contribution in [-0.4, -0.2) is 45.5 Å². The molecule has 1 aromatic rings. The number of thioether (sulfide) groups is 1. The van der Waals surface area contributed by atoms with Crippen molar-refractivity contribution in [3.05, 3.63) is 29.3 Å². The molecule has 0 aliphatic carbocycles. The molecule has 1 fully saturated rings. The first-order valence-corrected chi connectivity index (χ1v) is 8.61.